The van der Waals surface area contributed by atoms with Gasteiger partial charge in [0.15, 0.2) is 0 Å². The molecular weight excluding hydrogens is 270 g/mol. The third-order valence-electron chi connectivity index (χ3n) is 3.39. The summed E-state index contributed by atoms with van der Waals surface area (Å²) in [5, 5.41) is 8.90. The molecule has 112 valence electrons. The largest absolute Gasteiger partial charge is 0.481 e. The van der Waals surface area contributed by atoms with E-state index in [9.17, 15) is 13.2 Å². The van der Waals surface area contributed by atoms with Crippen molar-refractivity contribution in [3.63, 3.8) is 0 Å². The lowest BCUT2D eigenvalue weighted by atomic mass is 9.99. The Morgan fingerprint density at radius 1 is 1.21 bits per heavy atom. The summed E-state index contributed by atoms with van der Waals surface area (Å²) in [5.41, 5.74) is 0. The summed E-state index contributed by atoms with van der Waals surface area (Å²) in [4.78, 5) is 12.8. The van der Waals surface area contributed by atoms with E-state index in [-0.39, 0.29) is 13.1 Å². The first-order valence-corrected chi connectivity index (χ1v) is 7.73. The van der Waals surface area contributed by atoms with Crippen molar-refractivity contribution in [2.45, 2.75) is 12.8 Å². The molecule has 7 nitrogen and oxygen atoms in total. The van der Waals surface area contributed by atoms with Crippen LogP contribution in [0.4, 0.5) is 0 Å². The molecule has 0 saturated carbocycles. The van der Waals surface area contributed by atoms with Crippen molar-refractivity contribution in [3.05, 3.63) is 0 Å². The number of carboxylic acid groups (broad SMARTS) is 1. The smallest absolute Gasteiger partial charge is 0.306 e. The average molecular weight is 293 g/mol. The summed E-state index contributed by atoms with van der Waals surface area (Å²) in [5.74, 6) is -1.25. The molecule has 0 bridgehead atoms. The van der Waals surface area contributed by atoms with Crippen molar-refractivity contribution >= 4 is 16.2 Å². The zero-order valence-corrected chi connectivity index (χ0v) is 12.6. The van der Waals surface area contributed by atoms with Crippen LogP contribution >= 0.6 is 0 Å². The van der Waals surface area contributed by atoms with Crippen LogP contribution in [0.3, 0.4) is 0 Å². The number of rotatable bonds is 6. The number of carboxylic acids is 1. The number of piperidine rings is 1. The standard InChI is InChI=1S/C11H23N3O4S/c1-12(2)8-9-13(3)19(17,18)14-6-4-10(5-7-14)11(15)16/h10H,4-9H2,1-3H3,(H,15,16). The summed E-state index contributed by atoms with van der Waals surface area (Å²) in [6.45, 7) is 1.65. The van der Waals surface area contributed by atoms with Gasteiger partial charge in [0.1, 0.15) is 0 Å². The molecule has 1 N–H and O–H groups in total. The van der Waals surface area contributed by atoms with Gasteiger partial charge in [0, 0.05) is 33.2 Å². The highest BCUT2D eigenvalue weighted by molar-refractivity contribution is 7.86. The van der Waals surface area contributed by atoms with Crippen LogP contribution in [0, 0.1) is 5.92 Å². The summed E-state index contributed by atoms with van der Waals surface area (Å²) < 4.78 is 27.2. The molecule has 0 unspecified atom stereocenters. The summed E-state index contributed by atoms with van der Waals surface area (Å²) in [6, 6.07) is 0. The molecule has 0 atom stereocenters. The van der Waals surface area contributed by atoms with E-state index in [1.807, 2.05) is 19.0 Å². The zero-order chi connectivity index (χ0) is 14.6. The minimum Gasteiger partial charge on any atom is -0.481 e. The molecule has 0 aromatic heterocycles. The quantitative estimate of drug-likeness (QED) is 0.715. The molecule has 0 spiro atoms. The Hall–Kier alpha value is -0.700. The van der Waals surface area contributed by atoms with Crippen LogP contribution in [0.15, 0.2) is 0 Å². The third-order valence-corrected chi connectivity index (χ3v) is 5.37. The molecule has 19 heavy (non-hydrogen) atoms. The lowest BCUT2D eigenvalue weighted by molar-refractivity contribution is -0.142. The molecule has 1 heterocycles. The van der Waals surface area contributed by atoms with E-state index in [1.54, 1.807) is 7.05 Å². The molecule has 8 heteroatoms. The van der Waals surface area contributed by atoms with Crippen LogP contribution in [0.5, 0.6) is 0 Å². The summed E-state index contributed by atoms with van der Waals surface area (Å²) in [7, 11) is 1.87. The predicted octanol–water partition coefficient (Wildman–Crippen LogP) is -0.479. The monoisotopic (exact) mass is 293 g/mol. The Kier molecular flexibility index (Phi) is 5.72. The maximum atomic E-state index is 12.3. The second-order valence-corrected chi connectivity index (χ2v) is 7.18. The van der Waals surface area contributed by atoms with Crippen molar-refractivity contribution in [2.75, 3.05) is 47.3 Å². The Balaban J connectivity index is 2.57. The summed E-state index contributed by atoms with van der Waals surface area (Å²) in [6.07, 6.45) is 0.770. The number of carbonyl (C=O) groups is 1. The van der Waals surface area contributed by atoms with E-state index in [0.717, 1.165) is 0 Å². The predicted molar refractivity (Wildman–Crippen MR) is 72.0 cm³/mol. The Morgan fingerprint density at radius 3 is 2.16 bits per heavy atom. The van der Waals surface area contributed by atoms with Crippen LogP contribution in [0.1, 0.15) is 12.8 Å². The highest BCUT2D eigenvalue weighted by atomic mass is 32.2. The summed E-state index contributed by atoms with van der Waals surface area (Å²) >= 11 is 0. The van der Waals surface area contributed by atoms with Gasteiger partial charge in [0.2, 0.25) is 0 Å². The van der Waals surface area contributed by atoms with E-state index in [2.05, 4.69) is 0 Å². The van der Waals surface area contributed by atoms with E-state index < -0.39 is 22.1 Å². The maximum absolute atomic E-state index is 12.3. The first-order valence-electron chi connectivity index (χ1n) is 6.34. The second-order valence-electron chi connectivity index (χ2n) is 5.14. The van der Waals surface area contributed by atoms with Crippen molar-refractivity contribution < 1.29 is 18.3 Å². The van der Waals surface area contributed by atoms with Crippen molar-refractivity contribution in [2.24, 2.45) is 5.92 Å². The number of hydrogen-bond donors (Lipinski definition) is 1. The Morgan fingerprint density at radius 2 is 1.74 bits per heavy atom. The van der Waals surface area contributed by atoms with Crippen molar-refractivity contribution in [1.82, 2.24) is 13.5 Å². The van der Waals surface area contributed by atoms with Crippen LogP contribution in [-0.2, 0) is 15.0 Å². The topological polar surface area (TPSA) is 81.2 Å². The van der Waals surface area contributed by atoms with Crippen molar-refractivity contribution in [1.29, 1.82) is 0 Å². The van der Waals surface area contributed by atoms with Gasteiger partial charge in [-0.3, -0.25) is 4.79 Å². The SMILES string of the molecule is CN(C)CCN(C)S(=O)(=O)N1CCC(C(=O)O)CC1. The van der Waals surface area contributed by atoms with Crippen LogP contribution in [0.25, 0.3) is 0 Å². The van der Waals surface area contributed by atoms with Crippen molar-refractivity contribution in [3.8, 4) is 0 Å². The number of likely N-dealkylation sites (N-methyl/N-ethyl adjacent to an activating group) is 2. The third kappa shape index (κ3) is 4.41. The van der Waals surface area contributed by atoms with Gasteiger partial charge in [-0.25, -0.2) is 0 Å². The van der Waals surface area contributed by atoms with Gasteiger partial charge in [0.05, 0.1) is 5.92 Å². The molecule has 1 rings (SSSR count). The fraction of sp³-hybridized carbons (Fsp3) is 0.909. The van der Waals surface area contributed by atoms with Crippen LogP contribution in [-0.4, -0.2) is 80.3 Å². The number of hydrogen-bond acceptors (Lipinski definition) is 4. The Bertz CT molecular complexity index is 402. The van der Waals surface area contributed by atoms with E-state index >= 15 is 0 Å². The molecule has 1 fully saturated rings. The molecule has 0 amide bonds. The van der Waals surface area contributed by atoms with E-state index in [4.69, 9.17) is 5.11 Å². The average Bonchev–Trinajstić information content (AvgIpc) is 2.35. The fourth-order valence-corrected chi connectivity index (χ4v) is 3.37. The van der Waals surface area contributed by atoms with E-state index in [1.165, 1.54) is 8.61 Å². The normalized spacial score (nSPS) is 19.2. The van der Waals surface area contributed by atoms with Gasteiger partial charge in [-0.1, -0.05) is 0 Å². The number of aliphatic carboxylic acids is 1. The minimum absolute atomic E-state index is 0.283. The van der Waals surface area contributed by atoms with Gasteiger partial charge in [-0.2, -0.15) is 17.0 Å². The molecule has 1 saturated heterocycles. The lowest BCUT2D eigenvalue weighted by Gasteiger charge is -2.32. The van der Waals surface area contributed by atoms with Crippen LogP contribution < -0.4 is 0 Å². The minimum atomic E-state index is -3.46. The highest BCUT2D eigenvalue weighted by Gasteiger charge is 2.33. The van der Waals surface area contributed by atoms with Crippen LogP contribution in [0.2, 0.25) is 0 Å². The first-order chi connectivity index (χ1) is 8.75. The Labute approximate surface area is 115 Å². The maximum Gasteiger partial charge on any atom is 0.306 e. The molecule has 1 aliphatic rings. The molecule has 0 aliphatic carbocycles. The fourth-order valence-electron chi connectivity index (χ4n) is 1.99. The number of nitrogens with zero attached hydrogens (tertiary/aromatic N) is 3. The second kappa shape index (κ2) is 6.65. The first kappa shape index (κ1) is 16.4. The highest BCUT2D eigenvalue weighted by Crippen LogP contribution is 2.20. The van der Waals surface area contributed by atoms with Gasteiger partial charge in [-0.15, -0.1) is 0 Å². The van der Waals surface area contributed by atoms with Gasteiger partial charge < -0.3 is 10.0 Å². The van der Waals surface area contributed by atoms with E-state index in [0.29, 0.717) is 25.9 Å². The van der Waals surface area contributed by atoms with Gasteiger partial charge >= 0.3 is 5.97 Å². The molecule has 0 aromatic rings. The van der Waals surface area contributed by atoms with Gasteiger partial charge in [0.25, 0.3) is 10.2 Å². The molecule has 0 radical (unpaired) electrons. The zero-order valence-electron chi connectivity index (χ0n) is 11.7. The lowest BCUT2D eigenvalue weighted by Crippen LogP contribution is -2.47. The molecule has 0 aromatic carbocycles. The van der Waals surface area contributed by atoms with Gasteiger partial charge in [-0.05, 0) is 26.9 Å². The molecular formula is C11H23N3O4S. The molecule has 1 aliphatic heterocycles.